The first-order valence-electron chi connectivity index (χ1n) is 10.5. The molecule has 1 N–H and O–H groups in total. The Bertz CT molecular complexity index is 1430. The molecule has 0 spiro atoms. The largest absolute Gasteiger partial charge is 0.456 e. The topological polar surface area (TPSA) is 103 Å². The fraction of sp³-hybridized carbons (Fsp3) is 0.208. The molecule has 0 saturated carbocycles. The Balaban J connectivity index is 1.49. The maximum atomic E-state index is 12.8. The van der Waals surface area contributed by atoms with Crippen LogP contribution in [0, 0.1) is 5.92 Å². The summed E-state index contributed by atoms with van der Waals surface area (Å²) in [6.45, 7) is 3.94. The van der Waals surface area contributed by atoms with E-state index in [1.165, 1.54) is 28.0 Å². The van der Waals surface area contributed by atoms with Crippen molar-refractivity contribution in [1.29, 1.82) is 0 Å². The lowest BCUT2D eigenvalue weighted by molar-refractivity contribution is 0.0469. The molecule has 0 atom stereocenters. The molecule has 174 valence electrons. The van der Waals surface area contributed by atoms with Gasteiger partial charge in [-0.1, -0.05) is 61.1 Å². The third-order valence-corrected chi connectivity index (χ3v) is 6.05. The number of ether oxygens (including phenoxy) is 1. The third kappa shape index (κ3) is 5.32. The molecule has 1 amide bonds. The van der Waals surface area contributed by atoms with Gasteiger partial charge in [0, 0.05) is 12.5 Å². The van der Waals surface area contributed by atoms with E-state index in [0.717, 1.165) is 11.4 Å². The minimum atomic E-state index is -0.665. The van der Waals surface area contributed by atoms with E-state index >= 15 is 0 Å². The van der Waals surface area contributed by atoms with E-state index < -0.39 is 11.9 Å². The second kappa shape index (κ2) is 10.1. The molecule has 0 aliphatic rings. The van der Waals surface area contributed by atoms with Crippen molar-refractivity contribution in [2.45, 2.75) is 26.9 Å². The smallest absolute Gasteiger partial charge is 0.340 e. The van der Waals surface area contributed by atoms with Gasteiger partial charge in [0.15, 0.2) is 0 Å². The van der Waals surface area contributed by atoms with Crippen LogP contribution in [0.5, 0.6) is 0 Å². The number of carbonyl (C=O) groups is 2. The molecule has 0 aliphatic carbocycles. The predicted octanol–water partition coefficient (Wildman–Crippen LogP) is 4.61. The predicted molar refractivity (Wildman–Crippen MR) is 131 cm³/mol. The van der Waals surface area contributed by atoms with Gasteiger partial charge in [-0.05, 0) is 30.2 Å². The zero-order valence-corrected chi connectivity index (χ0v) is 20.0. The highest BCUT2D eigenvalue weighted by molar-refractivity contribution is 7.16. The molecule has 8 nitrogen and oxygen atoms in total. The molecule has 10 heteroatoms. The average Bonchev–Trinajstić information content (AvgIpc) is 3.20. The van der Waals surface area contributed by atoms with Crippen molar-refractivity contribution in [1.82, 2.24) is 14.6 Å². The summed E-state index contributed by atoms with van der Waals surface area (Å²) in [6.07, 6.45) is 0.745. The van der Waals surface area contributed by atoms with Gasteiger partial charge in [-0.25, -0.2) is 9.78 Å². The van der Waals surface area contributed by atoms with Crippen molar-refractivity contribution in [2.24, 2.45) is 5.92 Å². The number of para-hydroxylation sites is 1. The van der Waals surface area contributed by atoms with E-state index in [0.29, 0.717) is 21.6 Å². The maximum absolute atomic E-state index is 12.8. The van der Waals surface area contributed by atoms with E-state index in [9.17, 15) is 14.4 Å². The molecule has 2 heterocycles. The summed E-state index contributed by atoms with van der Waals surface area (Å²) in [6, 6.07) is 14.4. The van der Waals surface area contributed by atoms with Crippen LogP contribution < -0.4 is 10.9 Å². The van der Waals surface area contributed by atoms with Gasteiger partial charge in [0.2, 0.25) is 4.96 Å². The molecule has 2 aromatic heterocycles. The number of benzene rings is 2. The number of carbonyl (C=O) groups excluding carboxylic acids is 2. The summed E-state index contributed by atoms with van der Waals surface area (Å²) in [5.41, 5.74) is 0.705. The van der Waals surface area contributed by atoms with Crippen LogP contribution in [-0.4, -0.2) is 26.5 Å². The zero-order chi connectivity index (χ0) is 24.2. The number of halogens is 1. The van der Waals surface area contributed by atoms with Crippen molar-refractivity contribution >= 4 is 45.5 Å². The summed E-state index contributed by atoms with van der Waals surface area (Å²) < 4.78 is 6.66. The number of hydrogen-bond donors (Lipinski definition) is 1. The molecular formula is C24H21ClN4O4S. The number of anilines is 1. The number of nitrogens with one attached hydrogen (secondary N) is 1. The Hall–Kier alpha value is -3.56. The van der Waals surface area contributed by atoms with Gasteiger partial charge in [-0.2, -0.15) is 9.61 Å². The summed E-state index contributed by atoms with van der Waals surface area (Å²) in [5.74, 6) is -0.717. The SMILES string of the molecule is CC(C)Cc1nn2c(=O)cc(COC(=O)c3ccccc3NC(=O)c3ccccc3Cl)nc2s1. The van der Waals surface area contributed by atoms with Crippen LogP contribution in [0.25, 0.3) is 4.96 Å². The molecule has 0 unspecified atom stereocenters. The van der Waals surface area contributed by atoms with Gasteiger partial charge in [0.25, 0.3) is 11.5 Å². The number of aromatic nitrogens is 3. The fourth-order valence-electron chi connectivity index (χ4n) is 3.22. The van der Waals surface area contributed by atoms with Crippen molar-refractivity contribution in [3.8, 4) is 0 Å². The molecule has 0 radical (unpaired) electrons. The second-order valence-electron chi connectivity index (χ2n) is 7.93. The quantitative estimate of drug-likeness (QED) is 0.375. The number of rotatable bonds is 7. The Labute approximate surface area is 204 Å². The van der Waals surface area contributed by atoms with E-state index in [2.05, 4.69) is 29.2 Å². The summed E-state index contributed by atoms with van der Waals surface area (Å²) in [4.78, 5) is 42.7. The van der Waals surface area contributed by atoms with Crippen molar-refractivity contribution in [3.05, 3.63) is 91.8 Å². The second-order valence-corrected chi connectivity index (χ2v) is 9.38. The number of esters is 1. The Morgan fingerprint density at radius 2 is 1.82 bits per heavy atom. The third-order valence-electron chi connectivity index (χ3n) is 4.79. The molecule has 2 aromatic carbocycles. The summed E-state index contributed by atoms with van der Waals surface area (Å²) in [7, 11) is 0. The number of amides is 1. The van der Waals surface area contributed by atoms with Crippen LogP contribution in [0.3, 0.4) is 0 Å². The Morgan fingerprint density at radius 3 is 2.56 bits per heavy atom. The first-order valence-corrected chi connectivity index (χ1v) is 11.7. The van der Waals surface area contributed by atoms with Gasteiger partial charge in [0.05, 0.1) is 27.5 Å². The summed E-state index contributed by atoms with van der Waals surface area (Å²) >= 11 is 7.43. The molecule has 0 fully saturated rings. The highest BCUT2D eigenvalue weighted by atomic mass is 35.5. The van der Waals surface area contributed by atoms with Crippen LogP contribution in [0.2, 0.25) is 5.02 Å². The van der Waals surface area contributed by atoms with Gasteiger partial charge in [-0.3, -0.25) is 9.59 Å². The van der Waals surface area contributed by atoms with Crippen LogP contribution in [-0.2, 0) is 17.8 Å². The normalized spacial score (nSPS) is 11.1. The van der Waals surface area contributed by atoms with Crippen LogP contribution >= 0.6 is 22.9 Å². The zero-order valence-electron chi connectivity index (χ0n) is 18.4. The average molecular weight is 497 g/mol. The first kappa shape index (κ1) is 23.6. The van der Waals surface area contributed by atoms with Gasteiger partial charge in [0.1, 0.15) is 11.6 Å². The standard InChI is InChI=1S/C24H21ClN4O4S/c1-14(2)11-20-28-29-21(30)12-15(26-24(29)34-20)13-33-23(32)17-8-4-6-10-19(17)27-22(31)16-7-3-5-9-18(16)25/h3-10,12,14H,11,13H2,1-2H3,(H,27,31). The van der Waals surface area contributed by atoms with Crippen LogP contribution in [0.1, 0.15) is 45.3 Å². The molecule has 0 aliphatic heterocycles. The Morgan fingerprint density at radius 1 is 1.12 bits per heavy atom. The number of hydrogen-bond acceptors (Lipinski definition) is 7. The molecule has 34 heavy (non-hydrogen) atoms. The minimum Gasteiger partial charge on any atom is -0.456 e. The van der Waals surface area contributed by atoms with Gasteiger partial charge < -0.3 is 10.1 Å². The minimum absolute atomic E-state index is 0.165. The van der Waals surface area contributed by atoms with E-state index in [1.54, 1.807) is 42.5 Å². The first-order chi connectivity index (χ1) is 16.3. The number of nitrogens with zero attached hydrogens (tertiary/aromatic N) is 3. The molecular weight excluding hydrogens is 476 g/mol. The van der Waals surface area contributed by atoms with Crippen LogP contribution in [0.4, 0.5) is 5.69 Å². The number of fused-ring (bicyclic) bond motifs is 1. The molecule has 0 bridgehead atoms. The van der Waals surface area contributed by atoms with Crippen LogP contribution in [0.15, 0.2) is 59.4 Å². The van der Waals surface area contributed by atoms with Gasteiger partial charge in [-0.15, -0.1) is 0 Å². The monoisotopic (exact) mass is 496 g/mol. The Kier molecular flexibility index (Phi) is 7.04. The lowest BCUT2D eigenvalue weighted by Crippen LogP contribution is -2.18. The summed E-state index contributed by atoms with van der Waals surface area (Å²) in [5, 5.41) is 8.12. The van der Waals surface area contributed by atoms with E-state index in [4.69, 9.17) is 16.3 Å². The van der Waals surface area contributed by atoms with Crippen molar-refractivity contribution in [3.63, 3.8) is 0 Å². The molecule has 0 saturated heterocycles. The van der Waals surface area contributed by atoms with Gasteiger partial charge >= 0.3 is 5.97 Å². The molecule has 4 rings (SSSR count). The van der Waals surface area contributed by atoms with E-state index in [-0.39, 0.29) is 29.0 Å². The maximum Gasteiger partial charge on any atom is 0.340 e. The van der Waals surface area contributed by atoms with Crippen molar-refractivity contribution in [2.75, 3.05) is 5.32 Å². The lowest BCUT2D eigenvalue weighted by atomic mass is 10.1. The lowest BCUT2D eigenvalue weighted by Gasteiger charge is -2.11. The fourth-order valence-corrected chi connectivity index (χ4v) is 4.58. The van der Waals surface area contributed by atoms with Crippen molar-refractivity contribution < 1.29 is 14.3 Å². The molecule has 4 aromatic rings. The highest BCUT2D eigenvalue weighted by Crippen LogP contribution is 2.21. The van der Waals surface area contributed by atoms with E-state index in [1.807, 2.05) is 0 Å². The highest BCUT2D eigenvalue weighted by Gasteiger charge is 2.18.